The van der Waals surface area contributed by atoms with Gasteiger partial charge in [0.1, 0.15) is 11.6 Å². The number of nitrogens with two attached hydrogens (primary N) is 1. The molecule has 3 heterocycles. The second-order valence-electron chi connectivity index (χ2n) is 7.82. The zero-order valence-corrected chi connectivity index (χ0v) is 18.9. The lowest BCUT2D eigenvalue weighted by atomic mass is 9.95. The molecule has 0 aliphatic carbocycles. The van der Waals surface area contributed by atoms with E-state index in [2.05, 4.69) is 20.2 Å². The van der Waals surface area contributed by atoms with Crippen LogP contribution in [0.25, 0.3) is 44.7 Å². The van der Waals surface area contributed by atoms with Gasteiger partial charge in [-0.1, -0.05) is 6.07 Å². The number of fused-ring (bicyclic) bond motifs is 1. The molecule has 2 N–H and O–H groups in total. The Hall–Kier alpha value is -4.66. The molecule has 3 aromatic heterocycles. The highest BCUT2D eigenvalue weighted by Crippen LogP contribution is 2.38. The van der Waals surface area contributed by atoms with Crippen molar-refractivity contribution < 1.29 is 18.3 Å². The fourth-order valence-electron chi connectivity index (χ4n) is 3.81. The predicted molar refractivity (Wildman–Crippen MR) is 129 cm³/mol. The highest BCUT2D eigenvalue weighted by molar-refractivity contribution is 5.92. The van der Waals surface area contributed by atoms with Crippen LogP contribution < -0.4 is 5.73 Å². The number of hydrogen-bond acceptors (Lipinski definition) is 8. The maximum absolute atomic E-state index is 13.6. The summed E-state index contributed by atoms with van der Waals surface area (Å²) in [4.78, 5) is 21.0. The fourth-order valence-corrected chi connectivity index (χ4v) is 3.81. The van der Waals surface area contributed by atoms with Gasteiger partial charge in [-0.3, -0.25) is 4.98 Å². The molecule has 0 bridgehead atoms. The van der Waals surface area contributed by atoms with Crippen LogP contribution >= 0.6 is 0 Å². The van der Waals surface area contributed by atoms with Gasteiger partial charge in [-0.25, -0.2) is 14.2 Å². The van der Waals surface area contributed by atoms with Crippen molar-refractivity contribution in [2.45, 2.75) is 13.8 Å². The van der Waals surface area contributed by atoms with E-state index in [0.29, 0.717) is 22.4 Å². The van der Waals surface area contributed by atoms with Gasteiger partial charge in [0.2, 0.25) is 0 Å². The quantitative estimate of drug-likeness (QED) is 0.348. The molecule has 5 aromatic rings. The topological polar surface area (TPSA) is 117 Å². The second-order valence-corrected chi connectivity index (χ2v) is 7.82. The SMILES string of the molecule is CCOC(=O)c1nnc(-c2cc(-c3ccc4nccc(C)c4c3)c(-c3ccc(F)cc3)nc2N)o1. The molecule has 0 atom stereocenters. The predicted octanol–water partition coefficient (Wildman–Crippen LogP) is 5.22. The number of rotatable bonds is 5. The zero-order chi connectivity index (χ0) is 24.5. The molecular weight excluding hydrogens is 449 g/mol. The number of aromatic nitrogens is 4. The Kier molecular flexibility index (Phi) is 5.66. The van der Waals surface area contributed by atoms with Gasteiger partial charge in [-0.05, 0) is 73.5 Å². The van der Waals surface area contributed by atoms with Gasteiger partial charge in [0.25, 0.3) is 5.89 Å². The summed E-state index contributed by atoms with van der Waals surface area (Å²) in [6.07, 6.45) is 1.76. The van der Waals surface area contributed by atoms with E-state index in [0.717, 1.165) is 22.0 Å². The Morgan fingerprint density at radius 3 is 2.57 bits per heavy atom. The average molecular weight is 469 g/mol. The Morgan fingerprint density at radius 2 is 1.80 bits per heavy atom. The van der Waals surface area contributed by atoms with Crippen molar-refractivity contribution in [1.82, 2.24) is 20.2 Å². The molecular formula is C26H20FN5O3. The minimum Gasteiger partial charge on any atom is -0.459 e. The minimum absolute atomic E-state index is 0.0311. The van der Waals surface area contributed by atoms with Gasteiger partial charge in [-0.2, -0.15) is 0 Å². The average Bonchev–Trinajstić information content (AvgIpc) is 3.35. The fraction of sp³-hybridized carbons (Fsp3) is 0.115. The molecule has 0 fully saturated rings. The van der Waals surface area contributed by atoms with Crippen LogP contribution in [-0.4, -0.2) is 32.7 Å². The first-order chi connectivity index (χ1) is 16.9. The zero-order valence-electron chi connectivity index (χ0n) is 18.9. The highest BCUT2D eigenvalue weighted by Gasteiger charge is 2.22. The molecule has 0 saturated carbocycles. The van der Waals surface area contributed by atoms with Crippen LogP contribution in [0.3, 0.4) is 0 Å². The third-order valence-corrected chi connectivity index (χ3v) is 5.55. The van der Waals surface area contributed by atoms with Crippen LogP contribution in [-0.2, 0) is 4.74 Å². The molecule has 0 spiro atoms. The Morgan fingerprint density at radius 1 is 1.03 bits per heavy atom. The third-order valence-electron chi connectivity index (χ3n) is 5.55. The summed E-state index contributed by atoms with van der Waals surface area (Å²) in [5.41, 5.74) is 11.4. The lowest BCUT2D eigenvalue weighted by molar-refractivity contribution is 0.0481. The summed E-state index contributed by atoms with van der Waals surface area (Å²) in [6.45, 7) is 3.86. The number of ether oxygens (including phenoxy) is 1. The van der Waals surface area contributed by atoms with E-state index < -0.39 is 5.97 Å². The number of nitrogen functional groups attached to an aromatic ring is 1. The van der Waals surface area contributed by atoms with Crippen molar-refractivity contribution in [1.29, 1.82) is 0 Å². The van der Waals surface area contributed by atoms with E-state index >= 15 is 0 Å². The number of anilines is 1. The first-order valence-electron chi connectivity index (χ1n) is 10.9. The van der Waals surface area contributed by atoms with Gasteiger partial charge < -0.3 is 14.9 Å². The number of hydrogen-bond donors (Lipinski definition) is 1. The third kappa shape index (κ3) is 4.19. The number of pyridine rings is 2. The van der Waals surface area contributed by atoms with Crippen LogP contribution in [0.5, 0.6) is 0 Å². The Bertz CT molecular complexity index is 1560. The largest absolute Gasteiger partial charge is 0.459 e. The summed E-state index contributed by atoms with van der Waals surface area (Å²) in [5.74, 6) is -1.21. The van der Waals surface area contributed by atoms with Gasteiger partial charge in [0, 0.05) is 22.7 Å². The second kappa shape index (κ2) is 8.94. The number of carbonyl (C=O) groups is 1. The van der Waals surface area contributed by atoms with Crippen LogP contribution in [0.1, 0.15) is 23.2 Å². The van der Waals surface area contributed by atoms with Crippen molar-refractivity contribution in [2.24, 2.45) is 0 Å². The van der Waals surface area contributed by atoms with E-state index in [-0.39, 0.29) is 30.0 Å². The summed E-state index contributed by atoms with van der Waals surface area (Å²) in [6, 6.07) is 15.6. The number of carbonyl (C=O) groups excluding carboxylic acids is 1. The van der Waals surface area contributed by atoms with Gasteiger partial charge >= 0.3 is 11.9 Å². The molecule has 8 nitrogen and oxygen atoms in total. The smallest absolute Gasteiger partial charge is 0.396 e. The van der Waals surface area contributed by atoms with Crippen LogP contribution in [0, 0.1) is 12.7 Å². The number of esters is 1. The van der Waals surface area contributed by atoms with E-state index in [1.54, 1.807) is 31.3 Å². The van der Waals surface area contributed by atoms with Crippen molar-refractivity contribution >= 4 is 22.7 Å². The van der Waals surface area contributed by atoms with Crippen molar-refractivity contribution in [3.63, 3.8) is 0 Å². The lowest BCUT2D eigenvalue weighted by Crippen LogP contribution is -2.04. The van der Waals surface area contributed by atoms with Gasteiger partial charge in [-0.15, -0.1) is 10.2 Å². The minimum atomic E-state index is -0.724. The molecule has 5 rings (SSSR count). The highest BCUT2D eigenvalue weighted by atomic mass is 19.1. The maximum atomic E-state index is 13.6. The van der Waals surface area contributed by atoms with Crippen LogP contribution in [0.2, 0.25) is 0 Å². The maximum Gasteiger partial charge on any atom is 0.396 e. The molecule has 0 radical (unpaired) electrons. The molecule has 2 aromatic carbocycles. The summed E-state index contributed by atoms with van der Waals surface area (Å²) < 4.78 is 24.1. The van der Waals surface area contributed by atoms with E-state index in [9.17, 15) is 9.18 Å². The van der Waals surface area contributed by atoms with Gasteiger partial charge in [0.05, 0.1) is 23.4 Å². The van der Waals surface area contributed by atoms with E-state index in [1.807, 2.05) is 31.2 Å². The molecule has 0 aliphatic heterocycles. The molecule has 0 saturated heterocycles. The standard InChI is InChI=1S/C26H20FN5O3/c1-3-34-26(33)25-32-31-24(35-25)20-13-19(16-6-9-21-18(12-16)14(2)10-11-29-21)22(30-23(20)28)15-4-7-17(27)8-5-15/h4-13H,3H2,1-2H3,(H2,28,30). The monoisotopic (exact) mass is 469 g/mol. The molecule has 174 valence electrons. The number of benzene rings is 2. The molecule has 0 aliphatic rings. The van der Waals surface area contributed by atoms with E-state index in [4.69, 9.17) is 14.9 Å². The normalized spacial score (nSPS) is 11.1. The summed E-state index contributed by atoms with van der Waals surface area (Å²) >= 11 is 0. The van der Waals surface area contributed by atoms with Crippen molar-refractivity contribution in [3.05, 3.63) is 78.1 Å². The molecule has 0 unspecified atom stereocenters. The molecule has 35 heavy (non-hydrogen) atoms. The van der Waals surface area contributed by atoms with E-state index in [1.165, 1.54) is 12.1 Å². The van der Waals surface area contributed by atoms with Crippen LogP contribution in [0.15, 0.2) is 65.2 Å². The van der Waals surface area contributed by atoms with Crippen molar-refractivity contribution in [2.75, 3.05) is 12.3 Å². The first-order valence-corrected chi connectivity index (χ1v) is 10.9. The number of halogens is 1. The van der Waals surface area contributed by atoms with Crippen molar-refractivity contribution in [3.8, 4) is 33.8 Å². The number of aryl methyl sites for hydroxylation is 1. The lowest BCUT2D eigenvalue weighted by Gasteiger charge is -2.14. The molecule has 9 heteroatoms. The Balaban J connectivity index is 1.71. The Labute approximate surface area is 199 Å². The molecule has 0 amide bonds. The summed E-state index contributed by atoms with van der Waals surface area (Å²) in [7, 11) is 0. The summed E-state index contributed by atoms with van der Waals surface area (Å²) in [5, 5.41) is 8.72. The number of nitrogens with zero attached hydrogens (tertiary/aromatic N) is 4. The van der Waals surface area contributed by atoms with Crippen LogP contribution in [0.4, 0.5) is 10.2 Å². The first kappa shape index (κ1) is 22.1. The van der Waals surface area contributed by atoms with Gasteiger partial charge in [0.15, 0.2) is 0 Å².